The van der Waals surface area contributed by atoms with Crippen LogP contribution in [0.2, 0.25) is 5.02 Å². The van der Waals surface area contributed by atoms with Crippen LogP contribution in [0.5, 0.6) is 5.75 Å². The highest BCUT2D eigenvalue weighted by Gasteiger charge is 2.21. The van der Waals surface area contributed by atoms with E-state index in [9.17, 15) is 21.1 Å². The Morgan fingerprint density at radius 1 is 1.33 bits per heavy atom. The number of rotatable bonds is 3. The average molecular weight is 261 g/mol. The summed E-state index contributed by atoms with van der Waals surface area (Å²) in [5.74, 6) is -0.781. The zero-order valence-corrected chi connectivity index (χ0v) is 8.53. The molecule has 0 aromatic heterocycles. The number of hydrogen-bond donors (Lipinski definition) is 0. The number of alkyl halides is 2. The molecule has 84 valence electrons. The number of halogens is 4. The Morgan fingerprint density at radius 3 is 2.40 bits per heavy atom. The molecule has 0 amide bonds. The average Bonchev–Trinajstić information content (AvgIpc) is 2.05. The maximum atomic E-state index is 12.6. The van der Waals surface area contributed by atoms with Crippen LogP contribution in [0.15, 0.2) is 23.1 Å². The third-order valence-corrected chi connectivity index (χ3v) is 2.46. The minimum absolute atomic E-state index is 0.104. The molecule has 3 nitrogen and oxygen atoms in total. The third kappa shape index (κ3) is 3.28. The van der Waals surface area contributed by atoms with Crippen molar-refractivity contribution in [2.75, 3.05) is 0 Å². The molecule has 0 unspecified atom stereocenters. The van der Waals surface area contributed by atoms with Crippen LogP contribution < -0.4 is 4.74 Å². The summed E-state index contributed by atoms with van der Waals surface area (Å²) in [5, 5.41) is -0.104. The van der Waals surface area contributed by atoms with Crippen LogP contribution in [-0.2, 0) is 10.2 Å². The summed E-state index contributed by atoms with van der Waals surface area (Å²) >= 11 is 5.39. The molecule has 0 saturated carbocycles. The van der Waals surface area contributed by atoms with Gasteiger partial charge in [-0.05, 0) is 18.2 Å². The molecule has 0 atom stereocenters. The van der Waals surface area contributed by atoms with Crippen molar-refractivity contribution in [3.05, 3.63) is 23.2 Å². The summed E-state index contributed by atoms with van der Waals surface area (Å²) in [6.07, 6.45) is 0. The van der Waals surface area contributed by atoms with E-state index in [0.717, 1.165) is 12.1 Å². The maximum Gasteiger partial charge on any atom is 0.387 e. The lowest BCUT2D eigenvalue weighted by Crippen LogP contribution is -2.05. The Labute approximate surface area is 88.6 Å². The predicted octanol–water partition coefficient (Wildman–Crippen LogP) is 2.60. The van der Waals surface area contributed by atoms with E-state index >= 15 is 0 Å². The Hall–Kier alpha value is -0.950. The molecule has 0 spiro atoms. The summed E-state index contributed by atoms with van der Waals surface area (Å²) in [6.45, 7) is -3.24. The maximum absolute atomic E-state index is 12.6. The van der Waals surface area contributed by atoms with Crippen LogP contribution in [0.4, 0.5) is 12.7 Å². The second-order valence-electron chi connectivity index (χ2n) is 2.41. The number of benzene rings is 1. The first-order chi connectivity index (χ1) is 6.80. The summed E-state index contributed by atoms with van der Waals surface area (Å²) in [6, 6.07) is 2.64. The molecule has 1 rings (SSSR count). The van der Waals surface area contributed by atoms with Gasteiger partial charge in [-0.15, -0.1) is 3.89 Å². The van der Waals surface area contributed by atoms with Crippen LogP contribution in [0.1, 0.15) is 0 Å². The topological polar surface area (TPSA) is 43.4 Å². The minimum atomic E-state index is -5.14. The molecule has 0 saturated heterocycles. The Morgan fingerprint density at radius 2 is 1.93 bits per heavy atom. The molecule has 0 fully saturated rings. The van der Waals surface area contributed by atoms with Crippen molar-refractivity contribution in [2.45, 2.75) is 11.5 Å². The van der Waals surface area contributed by atoms with E-state index in [0.29, 0.717) is 6.07 Å². The van der Waals surface area contributed by atoms with E-state index in [4.69, 9.17) is 11.6 Å². The van der Waals surface area contributed by atoms with Gasteiger partial charge in [0.2, 0.25) is 0 Å². The molecule has 0 aliphatic rings. The SMILES string of the molecule is O=S(=O)(F)c1cc(Cl)ccc1OC(F)F. The van der Waals surface area contributed by atoms with Crippen molar-refractivity contribution < 1.29 is 25.8 Å². The molecule has 0 aliphatic carbocycles. The summed E-state index contributed by atoms with van der Waals surface area (Å²) in [5.41, 5.74) is 0. The first kappa shape index (κ1) is 12.1. The normalized spacial score (nSPS) is 11.8. The van der Waals surface area contributed by atoms with Gasteiger partial charge in [-0.25, -0.2) is 0 Å². The van der Waals surface area contributed by atoms with Crippen molar-refractivity contribution in [1.82, 2.24) is 0 Å². The lowest BCUT2D eigenvalue weighted by atomic mass is 10.3. The fourth-order valence-electron chi connectivity index (χ4n) is 0.866. The largest absolute Gasteiger partial charge is 0.433 e. The molecule has 0 bridgehead atoms. The van der Waals surface area contributed by atoms with Gasteiger partial charge in [0.1, 0.15) is 10.6 Å². The van der Waals surface area contributed by atoms with Crippen LogP contribution >= 0.6 is 11.6 Å². The first-order valence-corrected chi connectivity index (χ1v) is 5.26. The molecule has 1 aromatic carbocycles. The van der Waals surface area contributed by atoms with Crippen LogP contribution in [0.3, 0.4) is 0 Å². The van der Waals surface area contributed by atoms with Gasteiger partial charge < -0.3 is 4.74 Å². The van der Waals surface area contributed by atoms with E-state index in [1.807, 2.05) is 0 Å². The highest BCUT2D eigenvalue weighted by atomic mass is 35.5. The zero-order chi connectivity index (χ0) is 11.6. The zero-order valence-electron chi connectivity index (χ0n) is 6.95. The summed E-state index contributed by atoms with van der Waals surface area (Å²) < 4.78 is 61.1. The second kappa shape index (κ2) is 4.28. The van der Waals surface area contributed by atoms with E-state index in [1.54, 1.807) is 0 Å². The summed E-state index contributed by atoms with van der Waals surface area (Å²) in [4.78, 5) is -1.02. The van der Waals surface area contributed by atoms with Gasteiger partial charge in [-0.1, -0.05) is 11.6 Å². The molecule has 0 radical (unpaired) electrons. The Kier molecular flexibility index (Phi) is 3.46. The fourth-order valence-corrected chi connectivity index (χ4v) is 1.73. The number of ether oxygens (including phenoxy) is 1. The molecule has 0 N–H and O–H groups in total. The standard InChI is InChI=1S/C7H4ClF3O3S/c8-4-1-2-5(14-7(9)10)6(3-4)15(11,12)13/h1-3,7H. The minimum Gasteiger partial charge on any atom is -0.433 e. The van der Waals surface area contributed by atoms with Gasteiger partial charge in [0, 0.05) is 5.02 Å². The van der Waals surface area contributed by atoms with Gasteiger partial charge >= 0.3 is 16.8 Å². The highest BCUT2D eigenvalue weighted by molar-refractivity contribution is 7.86. The molecule has 15 heavy (non-hydrogen) atoms. The van der Waals surface area contributed by atoms with Gasteiger partial charge in [-0.3, -0.25) is 0 Å². The van der Waals surface area contributed by atoms with Crippen LogP contribution in [0.25, 0.3) is 0 Å². The fraction of sp³-hybridized carbons (Fsp3) is 0.143. The first-order valence-electron chi connectivity index (χ1n) is 3.50. The van der Waals surface area contributed by atoms with Crippen molar-refractivity contribution in [3.63, 3.8) is 0 Å². The van der Waals surface area contributed by atoms with Gasteiger partial charge in [0.05, 0.1) is 0 Å². The van der Waals surface area contributed by atoms with Gasteiger partial charge in [0.25, 0.3) is 0 Å². The highest BCUT2D eigenvalue weighted by Crippen LogP contribution is 2.29. The lowest BCUT2D eigenvalue weighted by molar-refractivity contribution is -0.0517. The molecular formula is C7H4ClF3O3S. The second-order valence-corrected chi connectivity index (χ2v) is 4.16. The van der Waals surface area contributed by atoms with E-state index in [-0.39, 0.29) is 5.02 Å². The Bertz CT molecular complexity index is 461. The van der Waals surface area contributed by atoms with Crippen LogP contribution in [-0.4, -0.2) is 15.0 Å². The van der Waals surface area contributed by atoms with Crippen molar-refractivity contribution in [1.29, 1.82) is 0 Å². The molecular weight excluding hydrogens is 257 g/mol. The van der Waals surface area contributed by atoms with Gasteiger partial charge in [0.15, 0.2) is 0 Å². The molecule has 8 heteroatoms. The lowest BCUT2D eigenvalue weighted by Gasteiger charge is -2.07. The van der Waals surface area contributed by atoms with Gasteiger partial charge in [-0.2, -0.15) is 17.2 Å². The quantitative estimate of drug-likeness (QED) is 0.785. The Balaban J connectivity index is 3.27. The number of hydrogen-bond acceptors (Lipinski definition) is 3. The third-order valence-electron chi connectivity index (χ3n) is 1.38. The monoisotopic (exact) mass is 260 g/mol. The molecule has 0 aliphatic heterocycles. The van der Waals surface area contributed by atoms with Crippen LogP contribution in [0, 0.1) is 0 Å². The van der Waals surface area contributed by atoms with E-state index < -0.39 is 27.5 Å². The van der Waals surface area contributed by atoms with Crippen molar-refractivity contribution in [3.8, 4) is 5.75 Å². The van der Waals surface area contributed by atoms with Crippen molar-refractivity contribution >= 4 is 21.8 Å². The van der Waals surface area contributed by atoms with Crippen molar-refractivity contribution in [2.24, 2.45) is 0 Å². The smallest absolute Gasteiger partial charge is 0.387 e. The predicted molar refractivity (Wildman–Crippen MR) is 46.4 cm³/mol. The molecule has 1 aromatic rings. The van der Waals surface area contributed by atoms with E-state index in [1.165, 1.54) is 0 Å². The summed E-state index contributed by atoms with van der Waals surface area (Å²) in [7, 11) is -5.14. The molecule has 0 heterocycles. The van der Waals surface area contributed by atoms with E-state index in [2.05, 4.69) is 4.74 Å².